The van der Waals surface area contributed by atoms with Gasteiger partial charge in [-0.1, -0.05) is 6.07 Å². The van der Waals surface area contributed by atoms with Crippen LogP contribution >= 0.6 is 0 Å². The zero-order chi connectivity index (χ0) is 18.9. The van der Waals surface area contributed by atoms with Crippen molar-refractivity contribution in [1.29, 1.82) is 0 Å². The molecule has 0 bridgehead atoms. The Morgan fingerprint density at radius 3 is 2.78 bits per heavy atom. The predicted octanol–water partition coefficient (Wildman–Crippen LogP) is 2.83. The van der Waals surface area contributed by atoms with Crippen molar-refractivity contribution in [3.05, 3.63) is 30.6 Å². The second kappa shape index (κ2) is 6.91. The van der Waals surface area contributed by atoms with Crippen molar-refractivity contribution >= 4 is 28.6 Å². The summed E-state index contributed by atoms with van der Waals surface area (Å²) in [7, 11) is 0. The Bertz CT molecular complexity index is 939. The molecule has 142 valence electrons. The molecule has 0 spiro atoms. The number of ether oxygens (including phenoxy) is 2. The summed E-state index contributed by atoms with van der Waals surface area (Å²) >= 11 is 0. The second-order valence-electron chi connectivity index (χ2n) is 5.77. The average molecular weight is 380 g/mol. The van der Waals surface area contributed by atoms with Gasteiger partial charge in [0, 0.05) is 24.8 Å². The maximum atomic E-state index is 12.4. The summed E-state index contributed by atoms with van der Waals surface area (Å²) < 4.78 is 46.5. The maximum absolute atomic E-state index is 12.4. The number of H-pyrrole nitrogens is 1. The Labute approximate surface area is 151 Å². The highest BCUT2D eigenvalue weighted by Gasteiger charge is 2.31. The second-order valence-corrected chi connectivity index (χ2v) is 5.77. The number of rotatable bonds is 4. The van der Waals surface area contributed by atoms with Crippen molar-refractivity contribution in [3.8, 4) is 5.75 Å². The van der Waals surface area contributed by atoms with Gasteiger partial charge in [0.2, 0.25) is 5.95 Å². The van der Waals surface area contributed by atoms with Gasteiger partial charge in [0.05, 0.1) is 19.5 Å². The molecule has 4 rings (SSSR count). The number of anilines is 3. The van der Waals surface area contributed by atoms with Crippen molar-refractivity contribution in [2.45, 2.75) is 6.36 Å². The van der Waals surface area contributed by atoms with Gasteiger partial charge in [0.15, 0.2) is 11.5 Å². The van der Waals surface area contributed by atoms with Crippen LogP contribution in [0, 0.1) is 0 Å². The molecule has 27 heavy (non-hydrogen) atoms. The van der Waals surface area contributed by atoms with Gasteiger partial charge in [-0.15, -0.1) is 13.2 Å². The van der Waals surface area contributed by atoms with Gasteiger partial charge in [-0.3, -0.25) is 0 Å². The molecule has 0 unspecified atom stereocenters. The average Bonchev–Trinajstić information content (AvgIpc) is 3.09. The number of aromatic nitrogens is 4. The molecule has 11 heteroatoms. The van der Waals surface area contributed by atoms with Crippen LogP contribution in [0.4, 0.5) is 30.6 Å². The van der Waals surface area contributed by atoms with Crippen LogP contribution in [0.25, 0.3) is 11.2 Å². The van der Waals surface area contributed by atoms with Crippen molar-refractivity contribution < 1.29 is 22.6 Å². The van der Waals surface area contributed by atoms with Crippen molar-refractivity contribution in [3.63, 3.8) is 0 Å². The molecule has 0 atom stereocenters. The van der Waals surface area contributed by atoms with E-state index in [0.717, 1.165) is 0 Å². The number of benzene rings is 1. The van der Waals surface area contributed by atoms with E-state index in [-0.39, 0.29) is 11.7 Å². The van der Waals surface area contributed by atoms with E-state index in [1.54, 1.807) is 6.07 Å². The lowest BCUT2D eigenvalue weighted by molar-refractivity contribution is -0.274. The summed E-state index contributed by atoms with van der Waals surface area (Å²) in [4.78, 5) is 18.0. The van der Waals surface area contributed by atoms with E-state index in [4.69, 9.17) is 4.74 Å². The lowest BCUT2D eigenvalue weighted by Crippen LogP contribution is -2.37. The minimum absolute atomic E-state index is 0.222. The van der Waals surface area contributed by atoms with E-state index in [1.807, 2.05) is 4.90 Å². The van der Waals surface area contributed by atoms with Gasteiger partial charge < -0.3 is 24.7 Å². The number of halogens is 3. The number of hydrogen-bond acceptors (Lipinski definition) is 7. The minimum Gasteiger partial charge on any atom is -0.406 e. The molecule has 2 aromatic heterocycles. The molecule has 0 radical (unpaired) electrons. The van der Waals surface area contributed by atoms with E-state index in [0.29, 0.717) is 49.0 Å². The Hall–Kier alpha value is -3.08. The monoisotopic (exact) mass is 380 g/mol. The molecule has 0 amide bonds. The Morgan fingerprint density at radius 1 is 1.19 bits per heavy atom. The van der Waals surface area contributed by atoms with Crippen molar-refractivity contribution in [2.75, 3.05) is 36.5 Å². The highest BCUT2D eigenvalue weighted by atomic mass is 19.4. The Morgan fingerprint density at radius 2 is 2.00 bits per heavy atom. The van der Waals surface area contributed by atoms with Crippen LogP contribution in [0.2, 0.25) is 0 Å². The quantitative estimate of drug-likeness (QED) is 0.720. The number of fused-ring (bicyclic) bond motifs is 1. The fourth-order valence-electron chi connectivity index (χ4n) is 2.78. The number of hydrogen-bond donors (Lipinski definition) is 2. The largest absolute Gasteiger partial charge is 0.573 e. The first-order valence-corrected chi connectivity index (χ1v) is 8.14. The highest BCUT2D eigenvalue weighted by molar-refractivity contribution is 5.84. The molecule has 1 aromatic carbocycles. The fraction of sp³-hybridized carbons (Fsp3) is 0.312. The van der Waals surface area contributed by atoms with Gasteiger partial charge in [-0.2, -0.15) is 9.97 Å². The highest BCUT2D eigenvalue weighted by Crippen LogP contribution is 2.28. The predicted molar refractivity (Wildman–Crippen MR) is 91.1 cm³/mol. The molecule has 8 nitrogen and oxygen atoms in total. The van der Waals surface area contributed by atoms with Gasteiger partial charge >= 0.3 is 6.36 Å². The molecule has 2 N–H and O–H groups in total. The van der Waals surface area contributed by atoms with Gasteiger partial charge in [0.1, 0.15) is 11.3 Å². The third-order valence-electron chi connectivity index (χ3n) is 3.90. The number of alkyl halides is 3. The summed E-state index contributed by atoms with van der Waals surface area (Å²) in [5.41, 5.74) is 1.51. The zero-order valence-electron chi connectivity index (χ0n) is 14.0. The Kier molecular flexibility index (Phi) is 4.44. The smallest absolute Gasteiger partial charge is 0.406 e. The van der Waals surface area contributed by atoms with Gasteiger partial charge in [-0.25, -0.2) is 4.98 Å². The molecule has 3 aromatic rings. The van der Waals surface area contributed by atoms with E-state index in [9.17, 15) is 13.2 Å². The molecule has 0 saturated carbocycles. The SMILES string of the molecule is FC(F)(F)Oc1cccc(Nc2nc(N3CCOCC3)c3[nH]cnc3n2)c1. The third-order valence-corrected chi connectivity index (χ3v) is 3.90. The first kappa shape index (κ1) is 17.3. The van der Waals surface area contributed by atoms with Crippen molar-refractivity contribution in [2.24, 2.45) is 0 Å². The topological polar surface area (TPSA) is 88.2 Å². The first-order chi connectivity index (χ1) is 13.0. The zero-order valence-corrected chi connectivity index (χ0v) is 14.0. The maximum Gasteiger partial charge on any atom is 0.573 e. The summed E-state index contributed by atoms with van der Waals surface area (Å²) in [5.74, 6) is 0.549. The minimum atomic E-state index is -4.76. The van der Waals surface area contributed by atoms with Crippen LogP contribution < -0.4 is 15.0 Å². The van der Waals surface area contributed by atoms with E-state index >= 15 is 0 Å². The van der Waals surface area contributed by atoms with Crippen LogP contribution in [0.3, 0.4) is 0 Å². The van der Waals surface area contributed by atoms with Crippen LogP contribution in [-0.4, -0.2) is 52.6 Å². The normalized spacial score (nSPS) is 15.1. The van der Waals surface area contributed by atoms with Crippen LogP contribution in [0.1, 0.15) is 0 Å². The number of imidazole rings is 1. The van der Waals surface area contributed by atoms with E-state index in [2.05, 4.69) is 30.0 Å². The third kappa shape index (κ3) is 4.03. The summed E-state index contributed by atoms with van der Waals surface area (Å²) in [6.07, 6.45) is -3.24. The molecule has 3 heterocycles. The van der Waals surface area contributed by atoms with Crippen molar-refractivity contribution in [1.82, 2.24) is 19.9 Å². The van der Waals surface area contributed by atoms with Gasteiger partial charge in [-0.05, 0) is 12.1 Å². The van der Waals surface area contributed by atoms with Crippen LogP contribution in [-0.2, 0) is 4.74 Å². The number of nitrogens with zero attached hydrogens (tertiary/aromatic N) is 4. The van der Waals surface area contributed by atoms with Crippen LogP contribution in [0.15, 0.2) is 30.6 Å². The molecular formula is C16H15F3N6O2. The van der Waals surface area contributed by atoms with E-state index in [1.165, 1.54) is 24.5 Å². The molecule has 1 fully saturated rings. The molecule has 1 saturated heterocycles. The summed E-state index contributed by atoms with van der Waals surface area (Å²) in [6, 6.07) is 5.48. The first-order valence-electron chi connectivity index (χ1n) is 8.14. The molecule has 1 aliphatic rings. The standard InChI is InChI=1S/C16H15F3N6O2/c17-16(18,19)27-11-3-1-2-10(8-11)22-15-23-13-12(20-9-21-13)14(24-15)25-4-6-26-7-5-25/h1-3,8-9H,4-7H2,(H2,20,21,22,23,24). The summed E-state index contributed by atoms with van der Waals surface area (Å²) in [5, 5.41) is 2.91. The Balaban J connectivity index is 1.63. The molecule has 1 aliphatic heterocycles. The number of morpholine rings is 1. The van der Waals surface area contributed by atoms with Gasteiger partial charge in [0.25, 0.3) is 0 Å². The lowest BCUT2D eigenvalue weighted by Gasteiger charge is -2.28. The molecular weight excluding hydrogens is 365 g/mol. The lowest BCUT2D eigenvalue weighted by atomic mass is 10.3. The number of nitrogens with one attached hydrogen (secondary N) is 2. The van der Waals surface area contributed by atoms with Crippen LogP contribution in [0.5, 0.6) is 5.75 Å². The number of aromatic amines is 1. The summed E-state index contributed by atoms with van der Waals surface area (Å²) in [6.45, 7) is 2.50. The molecule has 0 aliphatic carbocycles. The fourth-order valence-corrected chi connectivity index (χ4v) is 2.78. The van der Waals surface area contributed by atoms with E-state index < -0.39 is 6.36 Å².